The lowest BCUT2D eigenvalue weighted by molar-refractivity contribution is -0.384. The minimum absolute atomic E-state index is 0.0404. The van der Waals surface area contributed by atoms with Crippen molar-refractivity contribution >= 4 is 17.8 Å². The Balaban J connectivity index is 2.32. The zero-order valence-electron chi connectivity index (χ0n) is 13.6. The minimum Gasteiger partial charge on any atom is -0.504 e. The predicted molar refractivity (Wildman–Crippen MR) is 94.9 cm³/mol. The third kappa shape index (κ3) is 4.23. The van der Waals surface area contributed by atoms with Gasteiger partial charge in [-0.05, 0) is 49.6 Å². The van der Waals surface area contributed by atoms with Crippen molar-refractivity contribution in [3.8, 4) is 11.5 Å². The van der Waals surface area contributed by atoms with Crippen LogP contribution in [0, 0.1) is 10.1 Å². The van der Waals surface area contributed by atoms with Crippen molar-refractivity contribution in [2.24, 2.45) is 0 Å². The Morgan fingerprint density at radius 1 is 1.08 bits per heavy atom. The van der Waals surface area contributed by atoms with E-state index in [9.17, 15) is 20.3 Å². The first kappa shape index (κ1) is 17.3. The topological polar surface area (TPSA) is 83.6 Å². The number of phenols is 2. The molecular formula is C19H19NO4. The summed E-state index contributed by atoms with van der Waals surface area (Å²) in [6, 6.07) is 9.37. The lowest BCUT2D eigenvalue weighted by atomic mass is 10.00. The summed E-state index contributed by atoms with van der Waals surface area (Å²) in [4.78, 5) is 10.2. The molecule has 0 saturated carbocycles. The number of allylic oxidation sites excluding steroid dienone is 2. The third-order valence-corrected chi connectivity index (χ3v) is 3.57. The van der Waals surface area contributed by atoms with Crippen LogP contribution in [0.15, 0.2) is 48.0 Å². The van der Waals surface area contributed by atoms with Crippen molar-refractivity contribution in [2.45, 2.75) is 20.3 Å². The first-order valence-corrected chi connectivity index (χ1v) is 7.48. The van der Waals surface area contributed by atoms with E-state index in [4.69, 9.17) is 0 Å². The van der Waals surface area contributed by atoms with Gasteiger partial charge in [0.15, 0.2) is 11.5 Å². The summed E-state index contributed by atoms with van der Waals surface area (Å²) in [6.45, 7) is 3.93. The highest BCUT2D eigenvalue weighted by Gasteiger charge is 2.09. The number of phenolic OH excluding ortho intramolecular Hbond substituents is 2. The molecule has 0 aromatic heterocycles. The van der Waals surface area contributed by atoms with Crippen LogP contribution in [-0.2, 0) is 6.42 Å². The number of nitro groups is 1. The SMILES string of the molecule is CC(C)=CCc1c(C=Cc2ccc([N+](=O)[O-])cc2)ccc(O)c1O. The van der Waals surface area contributed by atoms with Gasteiger partial charge in [0.05, 0.1) is 4.92 Å². The van der Waals surface area contributed by atoms with Crippen LogP contribution in [0.1, 0.15) is 30.5 Å². The number of nitrogens with zero attached hydrogens (tertiary/aromatic N) is 1. The monoisotopic (exact) mass is 325 g/mol. The standard InChI is InChI=1S/C19H19NO4/c1-13(2)3-11-17-15(8-12-18(21)19(17)22)7-4-14-5-9-16(10-6-14)20(23)24/h3-10,12,21-22H,11H2,1-2H3. The molecule has 2 rings (SSSR count). The van der Waals surface area contributed by atoms with Gasteiger partial charge >= 0.3 is 0 Å². The number of non-ortho nitro benzene ring substituents is 1. The van der Waals surface area contributed by atoms with Crippen LogP contribution in [-0.4, -0.2) is 15.1 Å². The number of nitro benzene ring substituents is 1. The van der Waals surface area contributed by atoms with E-state index in [2.05, 4.69) is 0 Å². The Bertz CT molecular complexity index is 801. The Morgan fingerprint density at radius 3 is 2.33 bits per heavy atom. The summed E-state index contributed by atoms with van der Waals surface area (Å²) in [6.07, 6.45) is 6.09. The van der Waals surface area contributed by atoms with Crippen LogP contribution < -0.4 is 0 Å². The van der Waals surface area contributed by atoms with Crippen molar-refractivity contribution in [3.05, 3.63) is 74.9 Å². The highest BCUT2D eigenvalue weighted by atomic mass is 16.6. The van der Waals surface area contributed by atoms with Gasteiger partial charge in [0, 0.05) is 17.7 Å². The molecule has 0 amide bonds. The molecule has 5 nitrogen and oxygen atoms in total. The van der Waals surface area contributed by atoms with Gasteiger partial charge in [0.2, 0.25) is 0 Å². The van der Waals surface area contributed by atoms with Crippen molar-refractivity contribution < 1.29 is 15.1 Å². The fourth-order valence-corrected chi connectivity index (χ4v) is 2.21. The normalized spacial score (nSPS) is 10.8. The molecule has 0 spiro atoms. The molecule has 2 aromatic rings. The molecule has 0 aliphatic rings. The van der Waals surface area contributed by atoms with Gasteiger partial charge in [-0.3, -0.25) is 10.1 Å². The lowest BCUT2D eigenvalue weighted by Crippen LogP contribution is -1.90. The average molecular weight is 325 g/mol. The van der Waals surface area contributed by atoms with E-state index in [1.807, 2.05) is 32.1 Å². The fraction of sp³-hybridized carbons (Fsp3) is 0.158. The van der Waals surface area contributed by atoms with Crippen LogP contribution in [0.2, 0.25) is 0 Å². The van der Waals surface area contributed by atoms with Crippen LogP contribution in [0.4, 0.5) is 5.69 Å². The molecule has 0 radical (unpaired) electrons. The molecule has 0 unspecified atom stereocenters. The zero-order valence-corrected chi connectivity index (χ0v) is 13.6. The first-order chi connectivity index (χ1) is 11.4. The number of hydrogen-bond donors (Lipinski definition) is 2. The second-order valence-corrected chi connectivity index (χ2v) is 5.67. The molecule has 24 heavy (non-hydrogen) atoms. The molecule has 2 N–H and O–H groups in total. The summed E-state index contributed by atoms with van der Waals surface area (Å²) in [7, 11) is 0. The predicted octanol–water partition coefficient (Wildman–Crippen LogP) is 4.69. The Morgan fingerprint density at radius 2 is 1.75 bits per heavy atom. The van der Waals surface area contributed by atoms with E-state index in [1.54, 1.807) is 18.2 Å². The van der Waals surface area contributed by atoms with E-state index < -0.39 is 4.92 Å². The lowest BCUT2D eigenvalue weighted by Gasteiger charge is -2.09. The van der Waals surface area contributed by atoms with Crippen LogP contribution in [0.5, 0.6) is 11.5 Å². The van der Waals surface area contributed by atoms with E-state index in [0.29, 0.717) is 12.0 Å². The summed E-state index contributed by atoms with van der Waals surface area (Å²) >= 11 is 0. The third-order valence-electron chi connectivity index (χ3n) is 3.57. The molecule has 0 bridgehead atoms. The van der Waals surface area contributed by atoms with Gasteiger partial charge in [-0.15, -0.1) is 0 Å². The molecular weight excluding hydrogens is 306 g/mol. The highest BCUT2D eigenvalue weighted by molar-refractivity contribution is 5.73. The first-order valence-electron chi connectivity index (χ1n) is 7.48. The van der Waals surface area contributed by atoms with Gasteiger partial charge < -0.3 is 10.2 Å². The van der Waals surface area contributed by atoms with Crippen molar-refractivity contribution in [1.29, 1.82) is 0 Å². The number of rotatable bonds is 5. The molecule has 0 atom stereocenters. The highest BCUT2D eigenvalue weighted by Crippen LogP contribution is 2.33. The van der Waals surface area contributed by atoms with Crippen molar-refractivity contribution in [3.63, 3.8) is 0 Å². The van der Waals surface area contributed by atoms with Crippen LogP contribution >= 0.6 is 0 Å². The zero-order chi connectivity index (χ0) is 17.7. The minimum atomic E-state index is -0.441. The molecule has 0 heterocycles. The fourth-order valence-electron chi connectivity index (χ4n) is 2.21. The molecule has 0 saturated heterocycles. The van der Waals surface area contributed by atoms with Gasteiger partial charge in [0.25, 0.3) is 5.69 Å². The molecule has 124 valence electrons. The van der Waals surface area contributed by atoms with E-state index in [0.717, 1.165) is 16.7 Å². The Kier molecular flexibility index (Phi) is 5.37. The number of aromatic hydroxyl groups is 2. The van der Waals surface area contributed by atoms with Gasteiger partial charge in [-0.2, -0.15) is 0 Å². The van der Waals surface area contributed by atoms with Crippen LogP contribution in [0.25, 0.3) is 12.2 Å². The Labute approximate surface area is 140 Å². The number of benzene rings is 2. The summed E-state index contributed by atoms with van der Waals surface area (Å²) < 4.78 is 0. The molecule has 0 aliphatic carbocycles. The molecule has 0 aliphatic heterocycles. The second kappa shape index (κ2) is 7.46. The largest absolute Gasteiger partial charge is 0.504 e. The number of hydrogen-bond acceptors (Lipinski definition) is 4. The van der Waals surface area contributed by atoms with Gasteiger partial charge in [-0.1, -0.05) is 29.9 Å². The Hall–Kier alpha value is -3.08. The maximum atomic E-state index is 10.7. The molecule has 5 heteroatoms. The van der Waals surface area contributed by atoms with E-state index >= 15 is 0 Å². The van der Waals surface area contributed by atoms with Crippen LogP contribution in [0.3, 0.4) is 0 Å². The van der Waals surface area contributed by atoms with Crippen molar-refractivity contribution in [2.75, 3.05) is 0 Å². The molecule has 2 aromatic carbocycles. The molecule has 0 fully saturated rings. The maximum Gasteiger partial charge on any atom is 0.269 e. The maximum absolute atomic E-state index is 10.7. The van der Waals surface area contributed by atoms with Crippen molar-refractivity contribution in [1.82, 2.24) is 0 Å². The van der Waals surface area contributed by atoms with Gasteiger partial charge in [0.1, 0.15) is 0 Å². The quantitative estimate of drug-likeness (QED) is 0.275. The van der Waals surface area contributed by atoms with Gasteiger partial charge in [-0.25, -0.2) is 0 Å². The second-order valence-electron chi connectivity index (χ2n) is 5.67. The van der Waals surface area contributed by atoms with E-state index in [-0.39, 0.29) is 17.2 Å². The smallest absolute Gasteiger partial charge is 0.269 e. The van der Waals surface area contributed by atoms with E-state index in [1.165, 1.54) is 18.2 Å². The summed E-state index contributed by atoms with van der Waals surface area (Å²) in [5.74, 6) is -0.280. The summed E-state index contributed by atoms with van der Waals surface area (Å²) in [5, 5.41) is 30.5. The average Bonchev–Trinajstić information content (AvgIpc) is 2.55. The summed E-state index contributed by atoms with van der Waals surface area (Å²) in [5.41, 5.74) is 3.37.